The molecule has 30 heavy (non-hydrogen) atoms. The molecular formula is C25H31NO3S. The van der Waals surface area contributed by atoms with Gasteiger partial charge in [-0.05, 0) is 78.2 Å². The van der Waals surface area contributed by atoms with Crippen molar-refractivity contribution in [3.8, 4) is 0 Å². The van der Waals surface area contributed by atoms with Crippen molar-refractivity contribution in [3.05, 3.63) is 47.4 Å². The number of aliphatic carboxylic acids is 1. The molecule has 4 atom stereocenters. The molecule has 0 spiro atoms. The van der Waals surface area contributed by atoms with Crippen molar-refractivity contribution in [1.82, 2.24) is 5.32 Å². The Morgan fingerprint density at radius 2 is 2.07 bits per heavy atom. The van der Waals surface area contributed by atoms with E-state index in [0.717, 1.165) is 40.8 Å². The van der Waals surface area contributed by atoms with E-state index >= 15 is 0 Å². The maximum atomic E-state index is 13.2. The third kappa shape index (κ3) is 4.04. The van der Waals surface area contributed by atoms with Crippen molar-refractivity contribution in [2.24, 2.45) is 23.2 Å². The van der Waals surface area contributed by atoms with Crippen molar-refractivity contribution < 1.29 is 14.7 Å². The molecular weight excluding hydrogens is 394 g/mol. The Labute approximate surface area is 182 Å². The predicted molar refractivity (Wildman–Crippen MR) is 122 cm³/mol. The average molecular weight is 426 g/mol. The second kappa shape index (κ2) is 8.54. The molecule has 4 nitrogen and oxygen atoms in total. The molecule has 2 aromatic rings. The summed E-state index contributed by atoms with van der Waals surface area (Å²) in [7, 11) is 0. The normalized spacial score (nSPS) is 27.1. The van der Waals surface area contributed by atoms with Gasteiger partial charge in [-0.25, -0.2) is 0 Å². The van der Waals surface area contributed by atoms with Crippen LogP contribution in [0.25, 0.3) is 10.1 Å². The van der Waals surface area contributed by atoms with E-state index in [1.54, 1.807) is 11.3 Å². The van der Waals surface area contributed by atoms with Crippen LogP contribution in [0.4, 0.5) is 0 Å². The number of fused-ring (bicyclic) bond motifs is 3. The molecule has 5 heteroatoms. The summed E-state index contributed by atoms with van der Waals surface area (Å²) in [6.07, 6.45) is 9.32. The number of thiophene rings is 1. The fraction of sp³-hybridized carbons (Fsp3) is 0.520. The summed E-state index contributed by atoms with van der Waals surface area (Å²) in [4.78, 5) is 23.9. The number of hydrogen-bond acceptors (Lipinski definition) is 3. The Kier molecular flexibility index (Phi) is 6.01. The van der Waals surface area contributed by atoms with Crippen LogP contribution in [0.2, 0.25) is 0 Å². The fourth-order valence-electron chi connectivity index (χ4n) is 5.53. The lowest BCUT2D eigenvalue weighted by Gasteiger charge is -2.62. The standard InChI is InChI=1S/C25H31NO3S/c1-25(2)18-14-17(8-5-3-4-6-11-21(27)28)22(20(25)15-18)26-24(29)19-10-7-9-16-12-13-30-23(16)19/h3,5,7,9-10,12-13,17-18,20,22H,4,6,8,11,14-15H2,1-2H3,(H,26,29)(H,27,28)/t17-,18-,20-,22+/m0/s1. The highest BCUT2D eigenvalue weighted by atomic mass is 32.1. The Balaban J connectivity index is 1.45. The predicted octanol–water partition coefficient (Wildman–Crippen LogP) is 5.88. The zero-order valence-corrected chi connectivity index (χ0v) is 18.6. The summed E-state index contributed by atoms with van der Waals surface area (Å²) in [6.45, 7) is 4.70. The number of carbonyl (C=O) groups is 2. The summed E-state index contributed by atoms with van der Waals surface area (Å²) in [5.41, 5.74) is 1.07. The molecule has 1 heterocycles. The maximum absolute atomic E-state index is 13.2. The van der Waals surface area contributed by atoms with Gasteiger partial charge in [-0.1, -0.05) is 38.1 Å². The van der Waals surface area contributed by atoms with Crippen molar-refractivity contribution in [2.75, 3.05) is 0 Å². The minimum atomic E-state index is -0.735. The van der Waals surface area contributed by atoms with Crippen molar-refractivity contribution in [3.63, 3.8) is 0 Å². The first-order valence-corrected chi connectivity index (χ1v) is 11.9. The highest BCUT2D eigenvalue weighted by molar-refractivity contribution is 7.17. The SMILES string of the molecule is CC1(C)[C@H]2C[C@H](CC=CCCCC(=O)O)[C@@H](NC(=O)c3cccc4ccsc34)[C@@H]1C2. The van der Waals surface area contributed by atoms with Crippen LogP contribution in [-0.4, -0.2) is 23.0 Å². The lowest BCUT2D eigenvalue weighted by atomic mass is 9.44. The van der Waals surface area contributed by atoms with Gasteiger partial charge in [0.05, 0.1) is 5.56 Å². The van der Waals surface area contributed by atoms with Gasteiger partial charge in [0.1, 0.15) is 0 Å². The number of carboxylic acid groups (broad SMARTS) is 1. The number of benzene rings is 1. The van der Waals surface area contributed by atoms with Crippen LogP contribution in [-0.2, 0) is 4.79 Å². The average Bonchev–Trinajstić information content (AvgIpc) is 3.19. The van der Waals surface area contributed by atoms with Gasteiger partial charge in [-0.3, -0.25) is 9.59 Å². The molecule has 160 valence electrons. The minimum Gasteiger partial charge on any atom is -0.481 e. The minimum absolute atomic E-state index is 0.0460. The quantitative estimate of drug-likeness (QED) is 0.410. The molecule has 1 amide bonds. The van der Waals surface area contributed by atoms with Gasteiger partial charge in [0.2, 0.25) is 0 Å². The van der Waals surface area contributed by atoms with E-state index in [1.165, 1.54) is 6.42 Å². The van der Waals surface area contributed by atoms with E-state index in [-0.39, 0.29) is 23.8 Å². The summed E-state index contributed by atoms with van der Waals surface area (Å²) >= 11 is 1.63. The molecule has 2 N–H and O–H groups in total. The molecule has 3 aliphatic carbocycles. The lowest BCUT2D eigenvalue weighted by Crippen LogP contribution is -2.63. The highest BCUT2D eigenvalue weighted by Crippen LogP contribution is 2.61. The molecule has 1 aromatic carbocycles. The molecule has 0 unspecified atom stereocenters. The van der Waals surface area contributed by atoms with Gasteiger partial charge in [-0.15, -0.1) is 11.3 Å². The van der Waals surface area contributed by atoms with Gasteiger partial charge in [0, 0.05) is 17.2 Å². The number of rotatable bonds is 8. The van der Waals surface area contributed by atoms with Gasteiger partial charge in [0.15, 0.2) is 0 Å². The molecule has 0 aliphatic heterocycles. The molecule has 0 saturated heterocycles. The van der Waals surface area contributed by atoms with Crippen LogP contribution in [0.3, 0.4) is 0 Å². The van der Waals surface area contributed by atoms with E-state index in [2.05, 4.69) is 43.4 Å². The summed E-state index contributed by atoms with van der Waals surface area (Å²) in [5.74, 6) is 1.02. The van der Waals surface area contributed by atoms with Crippen LogP contribution < -0.4 is 5.32 Å². The zero-order valence-electron chi connectivity index (χ0n) is 17.8. The lowest BCUT2D eigenvalue weighted by molar-refractivity contribution is -0.137. The molecule has 0 radical (unpaired) electrons. The first-order chi connectivity index (χ1) is 14.4. The van der Waals surface area contributed by atoms with Crippen LogP contribution in [0, 0.1) is 23.2 Å². The first kappa shape index (κ1) is 21.1. The molecule has 3 aliphatic rings. The van der Waals surface area contributed by atoms with Gasteiger partial charge in [-0.2, -0.15) is 0 Å². The number of allylic oxidation sites excluding steroid dienone is 2. The summed E-state index contributed by atoms with van der Waals surface area (Å²) in [6, 6.07) is 8.21. The molecule has 1 aromatic heterocycles. The van der Waals surface area contributed by atoms with Gasteiger partial charge < -0.3 is 10.4 Å². The zero-order chi connectivity index (χ0) is 21.3. The number of carboxylic acids is 1. The molecule has 5 rings (SSSR count). The monoisotopic (exact) mass is 425 g/mol. The Morgan fingerprint density at radius 3 is 2.83 bits per heavy atom. The number of hydrogen-bond donors (Lipinski definition) is 2. The van der Waals surface area contributed by atoms with Crippen LogP contribution in [0.5, 0.6) is 0 Å². The van der Waals surface area contributed by atoms with Gasteiger partial charge >= 0.3 is 5.97 Å². The number of nitrogens with one attached hydrogen (secondary N) is 1. The van der Waals surface area contributed by atoms with E-state index in [0.29, 0.717) is 18.3 Å². The van der Waals surface area contributed by atoms with Crippen molar-refractivity contribution in [2.45, 2.75) is 58.4 Å². The molecule has 3 saturated carbocycles. The fourth-order valence-corrected chi connectivity index (χ4v) is 6.44. The van der Waals surface area contributed by atoms with Crippen LogP contribution in [0.1, 0.15) is 62.7 Å². The summed E-state index contributed by atoms with van der Waals surface area (Å²) in [5, 5.41) is 15.4. The van der Waals surface area contributed by atoms with Gasteiger partial charge in [0.25, 0.3) is 5.91 Å². The number of carbonyl (C=O) groups excluding carboxylic acids is 1. The second-order valence-corrected chi connectivity index (χ2v) is 10.4. The largest absolute Gasteiger partial charge is 0.481 e. The Bertz CT molecular complexity index is 960. The Morgan fingerprint density at radius 1 is 1.23 bits per heavy atom. The smallest absolute Gasteiger partial charge is 0.303 e. The van der Waals surface area contributed by atoms with E-state index in [1.807, 2.05) is 17.5 Å². The third-order valence-electron chi connectivity index (χ3n) is 7.46. The molecule has 3 fully saturated rings. The number of unbranched alkanes of at least 4 members (excludes halogenated alkanes) is 1. The van der Waals surface area contributed by atoms with Crippen molar-refractivity contribution >= 4 is 33.3 Å². The third-order valence-corrected chi connectivity index (χ3v) is 8.43. The van der Waals surface area contributed by atoms with E-state index < -0.39 is 5.97 Å². The van der Waals surface area contributed by atoms with Crippen LogP contribution in [0.15, 0.2) is 41.8 Å². The topological polar surface area (TPSA) is 66.4 Å². The molecule has 2 bridgehead atoms. The summed E-state index contributed by atoms with van der Waals surface area (Å²) < 4.78 is 1.06. The first-order valence-electron chi connectivity index (χ1n) is 11.0. The maximum Gasteiger partial charge on any atom is 0.303 e. The second-order valence-electron chi connectivity index (χ2n) is 9.49. The van der Waals surface area contributed by atoms with Crippen LogP contribution >= 0.6 is 11.3 Å². The Hall–Kier alpha value is -2.14. The van der Waals surface area contributed by atoms with E-state index in [9.17, 15) is 9.59 Å². The van der Waals surface area contributed by atoms with Crippen molar-refractivity contribution in [1.29, 1.82) is 0 Å². The number of amides is 1. The van der Waals surface area contributed by atoms with E-state index in [4.69, 9.17) is 5.11 Å². The highest BCUT2D eigenvalue weighted by Gasteiger charge is 2.57.